The molecule has 0 amide bonds. The van der Waals surface area contributed by atoms with Crippen LogP contribution in [0.3, 0.4) is 0 Å². The normalized spacial score (nSPS) is 27.9. The van der Waals surface area contributed by atoms with Gasteiger partial charge in [0.2, 0.25) is 0 Å². The van der Waals surface area contributed by atoms with Crippen molar-refractivity contribution in [2.45, 2.75) is 69.6 Å². The second-order valence-corrected chi connectivity index (χ2v) is 8.53. The van der Waals surface area contributed by atoms with E-state index in [1.807, 2.05) is 6.92 Å². The van der Waals surface area contributed by atoms with Crippen LogP contribution in [0.2, 0.25) is 0 Å². The molecule has 2 heterocycles. The van der Waals surface area contributed by atoms with Gasteiger partial charge in [0, 0.05) is 43.8 Å². The van der Waals surface area contributed by atoms with Crippen LogP contribution in [0.15, 0.2) is 23.2 Å². The molecule has 1 aromatic carbocycles. The molecule has 1 aromatic rings. The molecule has 4 rings (SSSR count). The Morgan fingerprint density at radius 1 is 1.20 bits per heavy atom. The van der Waals surface area contributed by atoms with Crippen LogP contribution in [0.1, 0.15) is 56.9 Å². The highest BCUT2D eigenvalue weighted by Gasteiger charge is 2.43. The molecule has 5 nitrogen and oxygen atoms in total. The number of nitrogens with zero attached hydrogens (tertiary/aromatic N) is 2. The monoisotopic (exact) mass is 421 g/mol. The summed E-state index contributed by atoms with van der Waals surface area (Å²) in [6.07, 6.45) is 6.63. The maximum Gasteiger partial charge on any atom is 0.194 e. The Bertz CT molecular complexity index is 711. The Labute approximate surface area is 177 Å². The standard InChI is InChI=1S/C23H33F2N3O2/c1-2-26-23(27-21-14-18(21)22-19(24)7-5-8-20(22)25)28-11-9-16(10-12-28)30-15-17-6-3-4-13-29-17/h5,7-8,16-18,21H,2-4,6,9-15H2,1H3,(H,26,27). The summed E-state index contributed by atoms with van der Waals surface area (Å²) in [5.74, 6) is -0.211. The molecule has 30 heavy (non-hydrogen) atoms. The van der Waals surface area contributed by atoms with Gasteiger partial charge in [-0.05, 0) is 57.6 Å². The predicted octanol–water partition coefficient (Wildman–Crippen LogP) is 3.84. The van der Waals surface area contributed by atoms with E-state index in [0.717, 1.165) is 57.8 Å². The van der Waals surface area contributed by atoms with Crippen molar-refractivity contribution in [3.8, 4) is 0 Å². The lowest BCUT2D eigenvalue weighted by Gasteiger charge is -2.35. The minimum absolute atomic E-state index is 0.0270. The minimum Gasteiger partial charge on any atom is -0.376 e. The van der Waals surface area contributed by atoms with E-state index < -0.39 is 11.6 Å². The summed E-state index contributed by atoms with van der Waals surface area (Å²) in [7, 11) is 0. The molecule has 166 valence electrons. The molecule has 2 aliphatic heterocycles. The van der Waals surface area contributed by atoms with Crippen molar-refractivity contribution < 1.29 is 18.3 Å². The molecule has 2 saturated heterocycles. The summed E-state index contributed by atoms with van der Waals surface area (Å²) in [4.78, 5) is 6.87. The predicted molar refractivity (Wildman–Crippen MR) is 113 cm³/mol. The maximum absolute atomic E-state index is 14.1. The molecule has 0 bridgehead atoms. The fourth-order valence-electron chi connectivity index (χ4n) is 4.51. The van der Waals surface area contributed by atoms with Gasteiger partial charge in [-0.2, -0.15) is 0 Å². The second kappa shape index (κ2) is 10.1. The van der Waals surface area contributed by atoms with E-state index in [1.165, 1.54) is 24.6 Å². The second-order valence-electron chi connectivity index (χ2n) is 8.53. The lowest BCUT2D eigenvalue weighted by atomic mass is 10.1. The third-order valence-corrected chi connectivity index (χ3v) is 6.32. The molecular weight excluding hydrogens is 388 g/mol. The molecule has 0 aromatic heterocycles. The first-order chi connectivity index (χ1) is 14.7. The average Bonchev–Trinajstić information content (AvgIpc) is 3.51. The molecule has 1 saturated carbocycles. The summed E-state index contributed by atoms with van der Waals surface area (Å²) in [5.41, 5.74) is 0.197. The first-order valence-corrected chi connectivity index (χ1v) is 11.4. The molecule has 3 aliphatic rings. The minimum atomic E-state index is -0.460. The van der Waals surface area contributed by atoms with Crippen molar-refractivity contribution in [3.05, 3.63) is 35.4 Å². The quantitative estimate of drug-likeness (QED) is 0.560. The fourth-order valence-corrected chi connectivity index (χ4v) is 4.51. The maximum atomic E-state index is 14.1. The Morgan fingerprint density at radius 2 is 1.97 bits per heavy atom. The number of hydrogen-bond acceptors (Lipinski definition) is 3. The molecule has 3 atom stereocenters. The molecule has 0 spiro atoms. The van der Waals surface area contributed by atoms with Gasteiger partial charge < -0.3 is 19.7 Å². The van der Waals surface area contributed by atoms with E-state index >= 15 is 0 Å². The van der Waals surface area contributed by atoms with E-state index in [1.54, 1.807) is 0 Å². The SMILES string of the molecule is CCN=C(NC1CC1c1c(F)cccc1F)N1CCC(OCC2CCCCO2)CC1. The molecule has 1 aliphatic carbocycles. The zero-order valence-electron chi connectivity index (χ0n) is 17.8. The molecule has 0 radical (unpaired) electrons. The van der Waals surface area contributed by atoms with Gasteiger partial charge >= 0.3 is 0 Å². The van der Waals surface area contributed by atoms with Crippen LogP contribution in [0.4, 0.5) is 8.78 Å². The van der Waals surface area contributed by atoms with Gasteiger partial charge in [-0.25, -0.2) is 8.78 Å². The Hall–Kier alpha value is -1.73. The van der Waals surface area contributed by atoms with Crippen LogP contribution in [0.5, 0.6) is 0 Å². The third-order valence-electron chi connectivity index (χ3n) is 6.32. The summed E-state index contributed by atoms with van der Waals surface area (Å²) < 4.78 is 40.0. The van der Waals surface area contributed by atoms with Gasteiger partial charge in [0.25, 0.3) is 0 Å². The Morgan fingerprint density at radius 3 is 2.63 bits per heavy atom. The molecule has 3 unspecified atom stereocenters. The molecular formula is C23H33F2N3O2. The summed E-state index contributed by atoms with van der Waals surface area (Å²) in [5, 5.41) is 3.44. The van der Waals surface area contributed by atoms with Gasteiger partial charge in [0.1, 0.15) is 11.6 Å². The van der Waals surface area contributed by atoms with Crippen LogP contribution >= 0.6 is 0 Å². The van der Waals surface area contributed by atoms with Gasteiger partial charge in [0.15, 0.2) is 5.96 Å². The van der Waals surface area contributed by atoms with E-state index in [9.17, 15) is 8.78 Å². The summed E-state index contributed by atoms with van der Waals surface area (Å²) >= 11 is 0. The highest BCUT2D eigenvalue weighted by Crippen LogP contribution is 2.43. The zero-order valence-corrected chi connectivity index (χ0v) is 17.8. The van der Waals surface area contributed by atoms with Gasteiger partial charge in [-0.1, -0.05) is 6.07 Å². The third kappa shape index (κ3) is 5.30. The van der Waals surface area contributed by atoms with Crippen LogP contribution in [-0.2, 0) is 9.47 Å². The fraction of sp³-hybridized carbons (Fsp3) is 0.696. The lowest BCUT2D eigenvalue weighted by Crippen LogP contribution is -2.48. The Kier molecular flexibility index (Phi) is 7.20. The number of nitrogens with one attached hydrogen (secondary N) is 1. The average molecular weight is 422 g/mol. The van der Waals surface area contributed by atoms with Gasteiger partial charge in [0.05, 0.1) is 18.8 Å². The molecule has 3 fully saturated rings. The largest absolute Gasteiger partial charge is 0.376 e. The van der Waals surface area contributed by atoms with Crippen molar-refractivity contribution in [3.63, 3.8) is 0 Å². The highest BCUT2D eigenvalue weighted by molar-refractivity contribution is 5.81. The van der Waals surface area contributed by atoms with Crippen molar-refractivity contribution in [1.29, 1.82) is 0 Å². The van der Waals surface area contributed by atoms with Crippen LogP contribution < -0.4 is 5.32 Å². The topological polar surface area (TPSA) is 46.1 Å². The lowest BCUT2D eigenvalue weighted by molar-refractivity contribution is -0.0721. The van der Waals surface area contributed by atoms with Crippen molar-refractivity contribution >= 4 is 5.96 Å². The number of ether oxygens (including phenoxy) is 2. The number of aliphatic imine (C=N–C) groups is 1. The number of hydrogen-bond donors (Lipinski definition) is 1. The van der Waals surface area contributed by atoms with E-state index in [2.05, 4.69) is 15.2 Å². The number of halogens is 2. The number of piperidine rings is 1. The zero-order chi connectivity index (χ0) is 20.9. The van der Waals surface area contributed by atoms with Crippen LogP contribution in [-0.4, -0.2) is 62.0 Å². The van der Waals surface area contributed by atoms with Gasteiger partial charge in [-0.15, -0.1) is 0 Å². The van der Waals surface area contributed by atoms with E-state index in [4.69, 9.17) is 9.47 Å². The first-order valence-electron chi connectivity index (χ1n) is 11.4. The van der Waals surface area contributed by atoms with E-state index in [0.29, 0.717) is 13.2 Å². The number of benzene rings is 1. The summed E-state index contributed by atoms with van der Waals surface area (Å²) in [6, 6.07) is 4.10. The van der Waals surface area contributed by atoms with Crippen LogP contribution in [0, 0.1) is 11.6 Å². The number of guanidine groups is 1. The van der Waals surface area contributed by atoms with Crippen molar-refractivity contribution in [2.24, 2.45) is 4.99 Å². The smallest absolute Gasteiger partial charge is 0.194 e. The van der Waals surface area contributed by atoms with Gasteiger partial charge in [-0.3, -0.25) is 4.99 Å². The molecule has 1 N–H and O–H groups in total. The van der Waals surface area contributed by atoms with Crippen molar-refractivity contribution in [1.82, 2.24) is 10.2 Å². The number of likely N-dealkylation sites (tertiary alicyclic amines) is 1. The van der Waals surface area contributed by atoms with Crippen LogP contribution in [0.25, 0.3) is 0 Å². The molecule has 7 heteroatoms. The number of rotatable bonds is 6. The van der Waals surface area contributed by atoms with E-state index in [-0.39, 0.29) is 29.7 Å². The highest BCUT2D eigenvalue weighted by atomic mass is 19.1. The summed E-state index contributed by atoms with van der Waals surface area (Å²) in [6.45, 7) is 5.96. The Balaban J connectivity index is 1.26. The van der Waals surface area contributed by atoms with Crippen molar-refractivity contribution in [2.75, 3.05) is 32.8 Å². The first kappa shape index (κ1) is 21.5.